The van der Waals surface area contributed by atoms with Gasteiger partial charge in [0.2, 0.25) is 5.43 Å². The number of hydrogen-bond acceptors (Lipinski definition) is 4. The first-order valence-electron chi connectivity index (χ1n) is 7.76. The van der Waals surface area contributed by atoms with E-state index < -0.39 is 0 Å². The molecular weight excluding hydrogens is 304 g/mol. The number of aryl methyl sites for hydroxylation is 1. The Bertz CT molecular complexity index is 842. The maximum Gasteiger partial charge on any atom is 0.223 e. The van der Waals surface area contributed by atoms with E-state index >= 15 is 0 Å². The predicted molar refractivity (Wildman–Crippen MR) is 91.8 cm³/mol. The van der Waals surface area contributed by atoms with Crippen LogP contribution < -0.4 is 10.2 Å². The molecule has 0 unspecified atom stereocenters. The van der Waals surface area contributed by atoms with E-state index in [0.29, 0.717) is 6.61 Å². The molecule has 0 saturated heterocycles. The summed E-state index contributed by atoms with van der Waals surface area (Å²) in [6, 6.07) is 12.8. The summed E-state index contributed by atoms with van der Waals surface area (Å²) >= 11 is 0. The molecule has 3 aromatic rings. The van der Waals surface area contributed by atoms with Crippen LogP contribution in [-0.2, 0) is 6.42 Å². The molecular formula is C19H18N2O3. The molecule has 3 rings (SSSR count). The zero-order valence-corrected chi connectivity index (χ0v) is 13.1. The fourth-order valence-electron chi connectivity index (χ4n) is 2.36. The Balaban J connectivity index is 1.54. The van der Waals surface area contributed by atoms with Crippen molar-refractivity contribution in [3.05, 3.63) is 83.0 Å². The van der Waals surface area contributed by atoms with Crippen molar-refractivity contribution in [1.29, 1.82) is 0 Å². The Hall–Kier alpha value is -3.08. The summed E-state index contributed by atoms with van der Waals surface area (Å²) in [6.07, 6.45) is 8.49. The monoisotopic (exact) mass is 322 g/mol. The van der Waals surface area contributed by atoms with Crippen LogP contribution in [0.1, 0.15) is 12.0 Å². The minimum Gasteiger partial charge on any atom is -0.503 e. The van der Waals surface area contributed by atoms with Crippen molar-refractivity contribution in [3.63, 3.8) is 0 Å². The molecule has 0 atom stereocenters. The minimum absolute atomic E-state index is 0.270. The summed E-state index contributed by atoms with van der Waals surface area (Å²) in [7, 11) is 0. The Morgan fingerprint density at radius 1 is 1.04 bits per heavy atom. The lowest BCUT2D eigenvalue weighted by Gasteiger charge is -2.09. The fraction of sp³-hybridized carbons (Fsp3) is 0.158. The van der Waals surface area contributed by atoms with Gasteiger partial charge in [-0.15, -0.1) is 0 Å². The molecule has 5 nitrogen and oxygen atoms in total. The molecule has 0 fully saturated rings. The van der Waals surface area contributed by atoms with Crippen LogP contribution in [0.3, 0.4) is 0 Å². The number of ether oxygens (including phenoxy) is 1. The van der Waals surface area contributed by atoms with Crippen LogP contribution in [0.25, 0.3) is 5.69 Å². The summed E-state index contributed by atoms with van der Waals surface area (Å²) in [5.41, 5.74) is 1.71. The molecule has 1 N–H and O–H groups in total. The van der Waals surface area contributed by atoms with Gasteiger partial charge in [0.1, 0.15) is 5.75 Å². The van der Waals surface area contributed by atoms with E-state index in [1.165, 1.54) is 17.8 Å². The number of hydrogen-bond donors (Lipinski definition) is 1. The number of aromatic nitrogens is 2. The van der Waals surface area contributed by atoms with Gasteiger partial charge < -0.3 is 14.4 Å². The van der Waals surface area contributed by atoms with E-state index in [9.17, 15) is 9.90 Å². The third-order valence-electron chi connectivity index (χ3n) is 3.66. The molecule has 0 aliphatic carbocycles. The molecule has 2 aromatic heterocycles. The van der Waals surface area contributed by atoms with Crippen LogP contribution in [0, 0.1) is 0 Å². The van der Waals surface area contributed by atoms with Crippen molar-refractivity contribution < 1.29 is 9.84 Å². The summed E-state index contributed by atoms with van der Waals surface area (Å²) in [5.74, 6) is 0.521. The maximum absolute atomic E-state index is 11.2. The Kier molecular flexibility index (Phi) is 4.91. The number of rotatable bonds is 6. The molecule has 0 aliphatic rings. The van der Waals surface area contributed by atoms with Gasteiger partial charge in [0.15, 0.2) is 5.75 Å². The summed E-state index contributed by atoms with van der Waals surface area (Å²) in [5, 5.41) is 9.49. The third kappa shape index (κ3) is 4.01. The quantitative estimate of drug-likeness (QED) is 0.709. The van der Waals surface area contributed by atoms with Gasteiger partial charge in [0, 0.05) is 30.3 Å². The fourth-order valence-corrected chi connectivity index (χ4v) is 2.36. The highest BCUT2D eigenvalue weighted by Gasteiger charge is 2.01. The number of pyridine rings is 2. The van der Waals surface area contributed by atoms with Crippen LogP contribution in [0.2, 0.25) is 0 Å². The second-order valence-electron chi connectivity index (χ2n) is 5.40. The molecule has 2 heterocycles. The minimum atomic E-state index is -0.389. The second-order valence-corrected chi connectivity index (χ2v) is 5.40. The number of nitrogens with zero attached hydrogens (tertiary/aromatic N) is 2. The van der Waals surface area contributed by atoms with E-state index in [1.54, 1.807) is 23.2 Å². The number of aromatic hydroxyl groups is 1. The Morgan fingerprint density at radius 3 is 2.50 bits per heavy atom. The Labute approximate surface area is 139 Å². The topological polar surface area (TPSA) is 64.4 Å². The van der Waals surface area contributed by atoms with Crippen molar-refractivity contribution in [1.82, 2.24) is 9.55 Å². The van der Waals surface area contributed by atoms with Crippen LogP contribution >= 0.6 is 0 Å². The van der Waals surface area contributed by atoms with Crippen molar-refractivity contribution >= 4 is 0 Å². The summed E-state index contributed by atoms with van der Waals surface area (Å²) < 4.78 is 7.42. The standard InChI is InChI=1S/C19H18N2O3/c22-18-9-12-21(14-19(18)23)16-3-5-17(6-4-16)24-13-1-2-15-7-10-20-11-8-15/h3-12,14,23H,1-2,13H2. The highest BCUT2D eigenvalue weighted by Crippen LogP contribution is 2.16. The van der Waals surface area contributed by atoms with Gasteiger partial charge in [0.05, 0.1) is 12.8 Å². The molecule has 1 aromatic carbocycles. The zero-order valence-electron chi connectivity index (χ0n) is 13.1. The third-order valence-corrected chi connectivity index (χ3v) is 3.66. The van der Waals surface area contributed by atoms with Crippen molar-refractivity contribution in [3.8, 4) is 17.2 Å². The normalized spacial score (nSPS) is 10.5. The SMILES string of the molecule is O=c1ccn(-c2ccc(OCCCc3ccncc3)cc2)cc1O. The molecule has 0 radical (unpaired) electrons. The largest absolute Gasteiger partial charge is 0.503 e. The lowest BCUT2D eigenvalue weighted by Crippen LogP contribution is -2.03. The van der Waals surface area contributed by atoms with E-state index in [-0.39, 0.29) is 11.2 Å². The van der Waals surface area contributed by atoms with E-state index in [1.807, 2.05) is 36.4 Å². The van der Waals surface area contributed by atoms with E-state index in [0.717, 1.165) is 24.3 Å². The van der Waals surface area contributed by atoms with E-state index in [2.05, 4.69) is 4.98 Å². The molecule has 0 bridgehead atoms. The highest BCUT2D eigenvalue weighted by atomic mass is 16.5. The predicted octanol–water partition coefficient (Wildman–Crippen LogP) is 2.95. The average Bonchev–Trinajstić information content (AvgIpc) is 2.62. The smallest absolute Gasteiger partial charge is 0.223 e. The zero-order chi connectivity index (χ0) is 16.8. The van der Waals surface area contributed by atoms with Gasteiger partial charge in [0.25, 0.3) is 0 Å². The molecule has 0 saturated carbocycles. The van der Waals surface area contributed by atoms with Crippen LogP contribution in [0.4, 0.5) is 0 Å². The molecule has 24 heavy (non-hydrogen) atoms. The van der Waals surface area contributed by atoms with Gasteiger partial charge >= 0.3 is 0 Å². The first-order chi connectivity index (χ1) is 11.7. The van der Waals surface area contributed by atoms with Gasteiger partial charge in [-0.1, -0.05) is 0 Å². The van der Waals surface area contributed by atoms with Crippen molar-refractivity contribution in [2.75, 3.05) is 6.61 Å². The summed E-state index contributed by atoms with van der Waals surface area (Å²) in [6.45, 7) is 0.639. The maximum atomic E-state index is 11.2. The van der Waals surface area contributed by atoms with Gasteiger partial charge in [-0.3, -0.25) is 9.78 Å². The highest BCUT2D eigenvalue weighted by molar-refractivity contribution is 5.38. The van der Waals surface area contributed by atoms with E-state index in [4.69, 9.17) is 4.74 Å². The summed E-state index contributed by atoms with van der Waals surface area (Å²) in [4.78, 5) is 15.2. The van der Waals surface area contributed by atoms with Gasteiger partial charge in [-0.25, -0.2) is 0 Å². The van der Waals surface area contributed by atoms with Crippen LogP contribution in [0.5, 0.6) is 11.5 Å². The van der Waals surface area contributed by atoms with Crippen molar-refractivity contribution in [2.45, 2.75) is 12.8 Å². The lowest BCUT2D eigenvalue weighted by molar-refractivity contribution is 0.311. The Morgan fingerprint density at radius 2 is 1.79 bits per heavy atom. The molecule has 0 aliphatic heterocycles. The van der Waals surface area contributed by atoms with Gasteiger partial charge in [-0.2, -0.15) is 0 Å². The van der Waals surface area contributed by atoms with Crippen molar-refractivity contribution in [2.24, 2.45) is 0 Å². The number of benzene rings is 1. The molecule has 0 spiro atoms. The average molecular weight is 322 g/mol. The molecule has 122 valence electrons. The second kappa shape index (κ2) is 7.46. The molecule has 5 heteroatoms. The molecule has 0 amide bonds. The first-order valence-corrected chi connectivity index (χ1v) is 7.76. The van der Waals surface area contributed by atoms with Crippen LogP contribution in [-0.4, -0.2) is 21.3 Å². The van der Waals surface area contributed by atoms with Crippen LogP contribution in [0.15, 0.2) is 72.0 Å². The first kappa shape index (κ1) is 15.8. The van der Waals surface area contributed by atoms with Gasteiger partial charge in [-0.05, 0) is 54.8 Å². The lowest BCUT2D eigenvalue weighted by atomic mass is 10.1.